The third kappa shape index (κ3) is 22.9. The van der Waals surface area contributed by atoms with Gasteiger partial charge in [-0.3, -0.25) is 71.7 Å². The Bertz CT molecular complexity index is 5590. The summed E-state index contributed by atoms with van der Waals surface area (Å²) in [6.07, 6.45) is 4.42. The number of nitrogen functional groups attached to an aromatic ring is 3. The highest BCUT2D eigenvalue weighted by Gasteiger charge is 2.43. The summed E-state index contributed by atoms with van der Waals surface area (Å²) < 4.78 is 52.7. The highest BCUT2D eigenvalue weighted by Crippen LogP contribution is 2.46. The fourth-order valence-electron chi connectivity index (χ4n) is 13.2. The van der Waals surface area contributed by atoms with E-state index in [0.29, 0.717) is 34.0 Å². The van der Waals surface area contributed by atoms with Crippen LogP contribution in [0.2, 0.25) is 0 Å². The number of phosphoric acid groups is 1. The Labute approximate surface area is 679 Å². The summed E-state index contributed by atoms with van der Waals surface area (Å²) in [6, 6.07) is 9.33. The zero-order valence-corrected chi connectivity index (χ0v) is 65.8. The number of aliphatic hydroxyl groups is 1. The molecule has 3 amide bonds. The lowest BCUT2D eigenvalue weighted by Gasteiger charge is -2.43. The summed E-state index contributed by atoms with van der Waals surface area (Å²) in [7, 11) is -1.00. The van der Waals surface area contributed by atoms with Crippen molar-refractivity contribution < 1.29 is 91.2 Å². The van der Waals surface area contributed by atoms with Gasteiger partial charge in [-0.25, -0.2) is 39.7 Å². The molecule has 638 valence electrons. The molecule has 0 saturated carbocycles. The number of aliphatic hydroxyl groups excluding tert-OH is 1. The van der Waals surface area contributed by atoms with Crippen molar-refractivity contribution in [3.05, 3.63) is 134 Å². The number of carboxylic acids is 2. The van der Waals surface area contributed by atoms with Gasteiger partial charge >= 0.3 is 29.6 Å². The number of piperazine rings is 1. The first-order chi connectivity index (χ1) is 57.4. The number of rotatable bonds is 33. The number of nitrogens with one attached hydrogen (secondary N) is 3. The first-order valence-electron chi connectivity index (χ1n) is 37.2. The molecule has 47 nitrogen and oxygen atoms in total. The summed E-state index contributed by atoms with van der Waals surface area (Å²) in [5.41, 5.74) is 29.0. The van der Waals surface area contributed by atoms with Gasteiger partial charge in [0, 0.05) is 83.2 Å². The van der Waals surface area contributed by atoms with Gasteiger partial charge in [-0.15, -0.1) is 0 Å². The highest BCUT2D eigenvalue weighted by atomic mass is 31.2. The van der Waals surface area contributed by atoms with Gasteiger partial charge in [-0.2, -0.15) is 9.71 Å². The Morgan fingerprint density at radius 3 is 2.17 bits per heavy atom. The molecule has 12 rings (SSSR count). The molecule has 120 heavy (non-hydrogen) atoms. The number of H-pyrrole nitrogens is 2. The smallest absolute Gasteiger partial charge is 0.330 e. The van der Waals surface area contributed by atoms with E-state index < -0.39 is 136 Å². The van der Waals surface area contributed by atoms with Crippen LogP contribution in [0, 0.1) is 30.6 Å². The minimum absolute atomic E-state index is 0.0153. The summed E-state index contributed by atoms with van der Waals surface area (Å²) in [5.74, 6) is 5.68. The predicted molar refractivity (Wildman–Crippen MR) is 416 cm³/mol. The largest absolute Gasteiger partial charge is 0.756 e. The monoisotopic (exact) mass is 1680 g/mol. The molecule has 8 aromatic heterocycles. The maximum Gasteiger partial charge on any atom is 0.330 e. The van der Waals surface area contributed by atoms with Crippen LogP contribution in [0.4, 0.5) is 17.6 Å². The van der Waals surface area contributed by atoms with Crippen molar-refractivity contribution in [3.8, 4) is 23.7 Å². The first-order valence-corrected chi connectivity index (χ1v) is 38.7. The number of imidazole rings is 3. The second-order valence-corrected chi connectivity index (χ2v) is 29.2. The Morgan fingerprint density at radius 1 is 0.750 bits per heavy atom. The minimum atomic E-state index is -5.14. The van der Waals surface area contributed by atoms with E-state index in [0.717, 1.165) is 35.2 Å². The molecule has 0 spiro atoms. The number of aromatic nitrogens is 15. The van der Waals surface area contributed by atoms with Crippen molar-refractivity contribution in [2.45, 2.75) is 114 Å². The second-order valence-electron chi connectivity index (χ2n) is 27.8. The standard InChI is InChI=1S/C42H53N15O8.C30H35N10O14P/c1-52-19-30(53(2)18-29(52)16-27-8-4-3-5-9-27)24-65-35(63)11-7-6-10-28-17-56(39-36(28)38(44)47-25-48-39)21-32(59)55(23-34(61)62)15-13-46-31(58)20-54(14-12-43)33(60)22-57-26-49-37-40(57)50-42(45)51-41(37)64;1-15-33-4-5-40(15)50-11-21-19(9-23(53-21)39-14-36-25-26(32)34-13-35-27(25)39)54-55(47,48)51-12-20-18(41)8-22(52-20)38-10-16(28(44)37-30(38)46)3-2-6-49-29(45)17(31)7-24(42)43/h3-5,8-9,17,25-26,29-30H,7,11-16,18-24,43H2,1-2H3,(H,46,58)(H,61,62)(H2,44,47,48)(H3,45,50,51,64);4-5,10,13-14,17-23,41H,6-9,11-12,31H2,1H3,(H,42,43)(H,47,48)(H2,32,34,35)(H,37,44,46)/p-1/t;17?,18?,19?,20-,21-,22-,23-/m.1/s1. The zero-order chi connectivity index (χ0) is 86.1. The van der Waals surface area contributed by atoms with Crippen molar-refractivity contribution in [3.63, 3.8) is 0 Å². The van der Waals surface area contributed by atoms with Crippen molar-refractivity contribution in [2.24, 2.45) is 11.5 Å². The number of aromatic amines is 2. The lowest BCUT2D eigenvalue weighted by atomic mass is 10.0. The molecule has 3 aliphatic rings. The van der Waals surface area contributed by atoms with Crippen LogP contribution in [-0.2, 0) is 85.6 Å². The number of aryl methyl sites for hydroxylation is 1. The number of amides is 3. The van der Waals surface area contributed by atoms with Crippen LogP contribution in [0.1, 0.15) is 67.1 Å². The fraction of sp³-hybridized carbons (Fsp3) is 0.444. The molecule has 0 aliphatic carbocycles. The van der Waals surface area contributed by atoms with Crippen LogP contribution in [0.3, 0.4) is 0 Å². The van der Waals surface area contributed by atoms with E-state index in [2.05, 4.69) is 108 Å². The van der Waals surface area contributed by atoms with Crippen LogP contribution in [0.5, 0.6) is 0 Å². The van der Waals surface area contributed by atoms with Crippen molar-refractivity contribution >= 4 is 100 Å². The number of hydrogen-bond acceptors (Lipinski definition) is 35. The molecule has 0 radical (unpaired) electrons. The quantitative estimate of drug-likeness (QED) is 0.0104. The van der Waals surface area contributed by atoms with Crippen LogP contribution in [0.25, 0.3) is 33.4 Å². The number of nitrogens with two attached hydrogens (primary N) is 5. The van der Waals surface area contributed by atoms with Gasteiger partial charge in [0.1, 0.15) is 111 Å². The Balaban J connectivity index is 0.000000238. The SMILES string of the molecule is CN1CC(Cc2ccccc2)N(C)CC1COC(=O)CCC#Cc1cn(CC(=O)N(CCNC(=O)CN(CCN)C(=O)Cn2cnc3c(=O)[nH]c(N)nc32)CC(=O)O)c2ncnc(N)c12.Cc1nccn1OC[C@H]1O[C@@H](n2cnc3c(N)ncnc32)CC1OP(=O)([O-])OC[C@H]1O[C@@H](n2cc(C#CCOC(=O)C(N)CC(=O)O)c(=O)[nH]c2=O)CC1O. The molecule has 3 saturated heterocycles. The van der Waals surface area contributed by atoms with E-state index in [9.17, 15) is 67.6 Å². The molecule has 10 atom stereocenters. The molecule has 6 unspecified atom stereocenters. The molecule has 9 aromatic rings. The van der Waals surface area contributed by atoms with Crippen molar-refractivity contribution in [1.82, 2.24) is 97.8 Å². The van der Waals surface area contributed by atoms with Gasteiger partial charge in [0.05, 0.1) is 67.9 Å². The van der Waals surface area contributed by atoms with E-state index in [-0.39, 0.29) is 130 Å². The molecular weight excluding hydrogens is 1600 g/mol. The number of likely N-dealkylation sites (N-methyl/N-ethyl adjacent to an activating group) is 2. The van der Waals surface area contributed by atoms with E-state index >= 15 is 0 Å². The number of carbonyl (C=O) groups is 7. The number of aliphatic carboxylic acids is 2. The number of fused-ring (bicyclic) bond motifs is 3. The van der Waals surface area contributed by atoms with Crippen LogP contribution in [-0.4, -0.2) is 285 Å². The van der Waals surface area contributed by atoms with Gasteiger partial charge in [-0.05, 0) is 33.0 Å². The lowest BCUT2D eigenvalue weighted by Crippen LogP contribution is -2.57. The van der Waals surface area contributed by atoms with Gasteiger partial charge in [-0.1, -0.05) is 54.0 Å². The molecule has 3 fully saturated rings. The number of carbonyl (C=O) groups excluding carboxylic acids is 5. The second kappa shape index (κ2) is 40.0. The Morgan fingerprint density at radius 2 is 1.44 bits per heavy atom. The molecule has 1 aromatic carbocycles. The van der Waals surface area contributed by atoms with Gasteiger partial charge < -0.3 is 111 Å². The molecule has 48 heteroatoms. The minimum Gasteiger partial charge on any atom is -0.756 e. The number of hydrogen-bond donors (Lipinski definition) is 11. The summed E-state index contributed by atoms with van der Waals surface area (Å²) in [5, 5.41) is 32.0. The number of anilines is 3. The topological polar surface area (TPSA) is 651 Å². The van der Waals surface area contributed by atoms with Crippen molar-refractivity contribution in [1.29, 1.82) is 0 Å². The Hall–Kier alpha value is -12.9. The molecule has 16 N–H and O–H groups in total. The molecule has 0 bridgehead atoms. The van der Waals surface area contributed by atoms with Gasteiger partial charge in [0.25, 0.3) is 18.9 Å². The third-order valence-electron chi connectivity index (χ3n) is 19.3. The first kappa shape index (κ1) is 87.9. The van der Waals surface area contributed by atoms with Crippen LogP contribution < -0.4 is 60.5 Å². The summed E-state index contributed by atoms with van der Waals surface area (Å²) in [6.45, 7) is 0.105. The van der Waals surface area contributed by atoms with Crippen LogP contribution in [0.15, 0.2) is 94.8 Å². The van der Waals surface area contributed by atoms with E-state index in [1.807, 2.05) is 25.2 Å². The van der Waals surface area contributed by atoms with Crippen molar-refractivity contribution in [2.75, 3.05) is 110 Å². The maximum atomic E-state index is 13.6. The van der Waals surface area contributed by atoms with Gasteiger partial charge in [0.15, 0.2) is 29.2 Å². The molecule has 3 aliphatic heterocycles. The Kier molecular flexibility index (Phi) is 29.3. The normalized spacial score (nSPS) is 19.2. The summed E-state index contributed by atoms with van der Waals surface area (Å²) in [4.78, 5) is 187. The zero-order valence-electron chi connectivity index (χ0n) is 64.9. The lowest BCUT2D eigenvalue weighted by molar-refractivity contribution is -0.234. The molecule has 11 heterocycles. The third-order valence-corrected chi connectivity index (χ3v) is 20.3. The fourth-order valence-corrected chi connectivity index (χ4v) is 14.1. The van der Waals surface area contributed by atoms with E-state index in [1.165, 1.54) is 55.8 Å². The number of phosphoric ester groups is 1. The van der Waals surface area contributed by atoms with E-state index in [1.54, 1.807) is 23.9 Å². The average Bonchev–Trinajstić information content (AvgIpc) is 1.62. The number of nitrogens with zero attached hydrogens (tertiary/aromatic N) is 17. The number of carboxylic acid groups (broad SMARTS) is 2. The number of esters is 2. The van der Waals surface area contributed by atoms with Crippen LogP contribution >= 0.6 is 7.82 Å². The van der Waals surface area contributed by atoms with Gasteiger partial charge in [0.2, 0.25) is 23.7 Å². The van der Waals surface area contributed by atoms with E-state index in [4.69, 9.17) is 66.6 Å². The summed E-state index contributed by atoms with van der Waals surface area (Å²) >= 11 is 0. The highest BCUT2D eigenvalue weighted by molar-refractivity contribution is 7.45. The average molecular weight is 1690 g/mol. The predicted octanol–water partition coefficient (Wildman–Crippen LogP) is -4.83. The number of benzene rings is 1. The molecular formula is C72H87N25O22P-. The number of ether oxygens (including phenoxy) is 4. The maximum absolute atomic E-state index is 13.6.